The normalized spacial score (nSPS) is 19.3. The van der Waals surface area contributed by atoms with Crippen molar-refractivity contribution in [2.24, 2.45) is 5.92 Å². The molecule has 1 saturated heterocycles. The van der Waals surface area contributed by atoms with Crippen LogP contribution in [0.1, 0.15) is 41.8 Å². The maximum Gasteiger partial charge on any atom is 0.224 e. The van der Waals surface area contributed by atoms with Crippen molar-refractivity contribution >= 4 is 28.6 Å². The minimum Gasteiger partial charge on any atom is -0.355 e. The van der Waals surface area contributed by atoms with Crippen molar-refractivity contribution in [3.05, 3.63) is 46.0 Å². The average Bonchev–Trinajstić information content (AvgIpc) is 3.41. The molecule has 0 unspecified atom stereocenters. The van der Waals surface area contributed by atoms with Crippen LogP contribution in [0, 0.1) is 5.92 Å². The van der Waals surface area contributed by atoms with Crippen LogP contribution in [0.2, 0.25) is 0 Å². The number of amides is 1. The fourth-order valence-electron chi connectivity index (χ4n) is 4.67. The Morgan fingerprint density at radius 3 is 3.10 bits per heavy atom. The number of anilines is 1. The molecule has 1 amide bonds. The fourth-order valence-corrected chi connectivity index (χ4v) is 5.38. The Kier molecular flexibility index (Phi) is 5.23. The minimum atomic E-state index is 0.0212. The molecule has 4 heterocycles. The molecular formula is C22H27N5OS. The summed E-state index contributed by atoms with van der Waals surface area (Å²) in [6, 6.07) is 4.18. The number of rotatable bonds is 5. The second-order valence-electron chi connectivity index (χ2n) is 8.08. The molecular weight excluding hydrogens is 382 g/mol. The van der Waals surface area contributed by atoms with Gasteiger partial charge >= 0.3 is 0 Å². The summed E-state index contributed by atoms with van der Waals surface area (Å²) in [6.07, 6.45) is 11.2. The van der Waals surface area contributed by atoms with Gasteiger partial charge in [0.05, 0.1) is 11.6 Å². The van der Waals surface area contributed by atoms with Gasteiger partial charge in [-0.15, -0.1) is 11.3 Å². The first kappa shape index (κ1) is 18.6. The van der Waals surface area contributed by atoms with E-state index in [0.29, 0.717) is 6.54 Å². The number of nitrogens with zero attached hydrogens (tertiary/aromatic N) is 4. The zero-order valence-electron chi connectivity index (χ0n) is 16.6. The highest BCUT2D eigenvalue weighted by atomic mass is 32.1. The minimum absolute atomic E-state index is 0.0212. The van der Waals surface area contributed by atoms with E-state index < -0.39 is 0 Å². The molecule has 0 spiro atoms. The topological polar surface area (TPSA) is 62.5 Å². The molecule has 1 N–H and O–H groups in total. The highest BCUT2D eigenvalue weighted by Gasteiger charge is 2.29. The first-order valence-corrected chi connectivity index (χ1v) is 11.6. The summed E-state index contributed by atoms with van der Waals surface area (Å²) in [5.74, 6) is 1.20. The Morgan fingerprint density at radius 1 is 1.28 bits per heavy atom. The molecule has 0 saturated carbocycles. The molecule has 3 aromatic heterocycles. The lowest BCUT2D eigenvalue weighted by molar-refractivity contribution is -0.125. The Hall–Kier alpha value is -2.41. The molecule has 0 bridgehead atoms. The summed E-state index contributed by atoms with van der Waals surface area (Å²) in [7, 11) is 0. The van der Waals surface area contributed by atoms with E-state index >= 15 is 0 Å². The van der Waals surface area contributed by atoms with Crippen molar-refractivity contribution in [2.45, 2.75) is 44.9 Å². The van der Waals surface area contributed by atoms with Gasteiger partial charge in [-0.25, -0.2) is 9.50 Å². The largest absolute Gasteiger partial charge is 0.355 e. The third kappa shape index (κ3) is 3.75. The lowest BCUT2D eigenvalue weighted by Crippen LogP contribution is -2.44. The van der Waals surface area contributed by atoms with Crippen molar-refractivity contribution in [2.75, 3.05) is 24.5 Å². The summed E-state index contributed by atoms with van der Waals surface area (Å²) in [6.45, 7) is 2.39. The molecule has 6 nitrogen and oxygen atoms in total. The second kappa shape index (κ2) is 8.14. The molecule has 0 radical (unpaired) electrons. The van der Waals surface area contributed by atoms with E-state index in [1.165, 1.54) is 29.0 Å². The maximum absolute atomic E-state index is 12.8. The highest BCUT2D eigenvalue weighted by Crippen LogP contribution is 2.32. The zero-order chi connectivity index (χ0) is 19.6. The Balaban J connectivity index is 1.30. The second-order valence-corrected chi connectivity index (χ2v) is 9.11. The van der Waals surface area contributed by atoms with E-state index in [2.05, 4.69) is 27.7 Å². The van der Waals surface area contributed by atoms with Crippen LogP contribution in [-0.4, -0.2) is 40.1 Å². The van der Waals surface area contributed by atoms with Crippen molar-refractivity contribution in [3.8, 4) is 0 Å². The van der Waals surface area contributed by atoms with Gasteiger partial charge in [-0.1, -0.05) is 6.07 Å². The number of carbonyl (C=O) groups excluding carboxylic acids is 1. The summed E-state index contributed by atoms with van der Waals surface area (Å²) in [4.78, 5) is 21.1. The third-order valence-electron chi connectivity index (χ3n) is 6.14. The van der Waals surface area contributed by atoms with Crippen LogP contribution in [0.25, 0.3) is 5.52 Å². The van der Waals surface area contributed by atoms with Gasteiger partial charge in [-0.3, -0.25) is 4.79 Å². The molecule has 2 aliphatic rings. The Labute approximate surface area is 174 Å². The molecule has 1 aliphatic heterocycles. The summed E-state index contributed by atoms with van der Waals surface area (Å²) in [5.41, 5.74) is 3.74. The van der Waals surface area contributed by atoms with Gasteiger partial charge in [-0.05, 0) is 56.4 Å². The number of aryl methyl sites for hydroxylation is 2. The standard InChI is InChI=1S/C22H27N5OS/c28-22(24-10-9-17-6-4-14-29-17)16-5-3-12-26(15-16)21-20-18-7-1-2-8-19(18)25-27(20)13-11-23-21/h4,6,11,13-14,16H,1-3,5,7-10,12,15H2,(H,24,28)/t16-/m0/s1. The van der Waals surface area contributed by atoms with Gasteiger partial charge in [0.15, 0.2) is 5.82 Å². The van der Waals surface area contributed by atoms with Crippen LogP contribution in [-0.2, 0) is 24.1 Å². The predicted octanol–water partition coefficient (Wildman–Crippen LogP) is 3.24. The number of piperidine rings is 1. The first-order chi connectivity index (χ1) is 14.3. The van der Waals surface area contributed by atoms with Crippen molar-refractivity contribution in [1.29, 1.82) is 0 Å². The number of hydrogen-bond acceptors (Lipinski definition) is 5. The van der Waals surface area contributed by atoms with E-state index in [1.807, 2.05) is 16.9 Å². The van der Waals surface area contributed by atoms with E-state index in [4.69, 9.17) is 10.1 Å². The molecule has 1 atom stereocenters. The number of nitrogens with one attached hydrogen (secondary N) is 1. The molecule has 29 heavy (non-hydrogen) atoms. The lowest BCUT2D eigenvalue weighted by Gasteiger charge is -2.33. The van der Waals surface area contributed by atoms with Crippen molar-refractivity contribution in [1.82, 2.24) is 19.9 Å². The smallest absolute Gasteiger partial charge is 0.224 e. The number of aromatic nitrogens is 3. The van der Waals surface area contributed by atoms with E-state index in [0.717, 1.165) is 56.5 Å². The number of carbonyl (C=O) groups is 1. The summed E-state index contributed by atoms with van der Waals surface area (Å²) < 4.78 is 2.00. The van der Waals surface area contributed by atoms with Crippen LogP contribution < -0.4 is 10.2 Å². The fraction of sp³-hybridized carbons (Fsp3) is 0.500. The molecule has 152 valence electrons. The quantitative estimate of drug-likeness (QED) is 0.703. The van der Waals surface area contributed by atoms with Crippen molar-refractivity contribution < 1.29 is 4.79 Å². The number of fused-ring (bicyclic) bond motifs is 3. The van der Waals surface area contributed by atoms with Gasteiger partial charge < -0.3 is 10.2 Å². The maximum atomic E-state index is 12.8. The molecule has 0 aromatic carbocycles. The first-order valence-electron chi connectivity index (χ1n) is 10.7. The Bertz CT molecular complexity index is 996. The Morgan fingerprint density at radius 2 is 2.21 bits per heavy atom. The zero-order valence-corrected chi connectivity index (χ0v) is 17.5. The molecule has 5 rings (SSSR count). The van der Waals surface area contributed by atoms with Gasteiger partial charge in [0, 0.05) is 42.5 Å². The average molecular weight is 410 g/mol. The molecule has 7 heteroatoms. The number of thiophene rings is 1. The predicted molar refractivity (Wildman–Crippen MR) is 116 cm³/mol. The van der Waals surface area contributed by atoms with E-state index in [-0.39, 0.29) is 11.8 Å². The lowest BCUT2D eigenvalue weighted by atomic mass is 9.95. The SMILES string of the molecule is O=C(NCCc1cccs1)[C@H]1CCCN(c2nccn3nc4c(c23)CCCC4)C1. The number of hydrogen-bond donors (Lipinski definition) is 1. The van der Waals surface area contributed by atoms with Crippen LogP contribution in [0.15, 0.2) is 29.9 Å². The van der Waals surface area contributed by atoms with Gasteiger partial charge in [0.1, 0.15) is 5.52 Å². The van der Waals surface area contributed by atoms with Gasteiger partial charge in [-0.2, -0.15) is 5.10 Å². The monoisotopic (exact) mass is 409 g/mol. The van der Waals surface area contributed by atoms with Gasteiger partial charge in [0.25, 0.3) is 0 Å². The van der Waals surface area contributed by atoms with Crippen LogP contribution in [0.5, 0.6) is 0 Å². The highest BCUT2D eigenvalue weighted by molar-refractivity contribution is 7.09. The van der Waals surface area contributed by atoms with Crippen molar-refractivity contribution in [3.63, 3.8) is 0 Å². The molecule has 1 aliphatic carbocycles. The molecule has 3 aromatic rings. The summed E-state index contributed by atoms with van der Waals surface area (Å²) in [5, 5.41) is 10.0. The van der Waals surface area contributed by atoms with Crippen LogP contribution in [0.4, 0.5) is 5.82 Å². The third-order valence-corrected chi connectivity index (χ3v) is 7.08. The van der Waals surface area contributed by atoms with E-state index in [1.54, 1.807) is 11.3 Å². The molecule has 1 fully saturated rings. The van der Waals surface area contributed by atoms with Crippen LogP contribution >= 0.6 is 11.3 Å². The summed E-state index contributed by atoms with van der Waals surface area (Å²) >= 11 is 1.74. The van der Waals surface area contributed by atoms with Crippen LogP contribution in [0.3, 0.4) is 0 Å². The van der Waals surface area contributed by atoms with E-state index in [9.17, 15) is 4.79 Å². The van der Waals surface area contributed by atoms with Gasteiger partial charge in [0.2, 0.25) is 5.91 Å².